The number of fused-ring (bicyclic) bond motifs is 1. The third-order valence-electron chi connectivity index (χ3n) is 5.54. The van der Waals surface area contributed by atoms with Gasteiger partial charge in [-0.2, -0.15) is 0 Å². The number of halogens is 1. The molecule has 4 aromatic rings. The number of benzene rings is 2. The first-order chi connectivity index (χ1) is 17.8. The van der Waals surface area contributed by atoms with Gasteiger partial charge in [0, 0.05) is 24.4 Å². The van der Waals surface area contributed by atoms with Crippen molar-refractivity contribution in [3.05, 3.63) is 71.5 Å². The van der Waals surface area contributed by atoms with E-state index in [9.17, 15) is 12.8 Å². The van der Waals surface area contributed by atoms with Crippen LogP contribution in [0.15, 0.2) is 65.7 Å². The monoisotopic (exact) mass is 539 g/mol. The summed E-state index contributed by atoms with van der Waals surface area (Å²) >= 11 is 1.42. The number of rotatable bonds is 9. The van der Waals surface area contributed by atoms with Gasteiger partial charge >= 0.3 is 0 Å². The zero-order valence-corrected chi connectivity index (χ0v) is 22.2. The lowest BCUT2D eigenvalue weighted by Crippen LogP contribution is -2.22. The SMILES string of the molecule is CCN(CC)CC#Cc1cc2nccc(Oc3ccc(NS(=O)(=O)c4cccc(OC)c4)cc3F)c2s1. The number of nitrogens with zero attached hydrogens (tertiary/aromatic N) is 2. The van der Waals surface area contributed by atoms with E-state index in [4.69, 9.17) is 9.47 Å². The van der Waals surface area contributed by atoms with Crippen LogP contribution in [0.4, 0.5) is 10.1 Å². The Morgan fingerprint density at radius 2 is 1.89 bits per heavy atom. The van der Waals surface area contributed by atoms with Crippen molar-refractivity contribution in [1.82, 2.24) is 9.88 Å². The molecule has 4 rings (SSSR count). The van der Waals surface area contributed by atoms with Gasteiger partial charge in [0.1, 0.15) is 11.5 Å². The van der Waals surface area contributed by atoms with E-state index < -0.39 is 15.8 Å². The fourth-order valence-electron chi connectivity index (χ4n) is 3.49. The molecule has 0 unspecified atom stereocenters. The molecule has 1 N–H and O–H groups in total. The maximum atomic E-state index is 14.9. The van der Waals surface area contributed by atoms with Crippen LogP contribution in [0.1, 0.15) is 18.7 Å². The summed E-state index contributed by atoms with van der Waals surface area (Å²) < 4.78 is 54.4. The Morgan fingerprint density at radius 1 is 1.08 bits per heavy atom. The lowest BCUT2D eigenvalue weighted by atomic mass is 10.3. The minimum atomic E-state index is -3.94. The van der Waals surface area contributed by atoms with Gasteiger partial charge in [-0.15, -0.1) is 11.3 Å². The van der Waals surface area contributed by atoms with Crippen molar-refractivity contribution in [2.75, 3.05) is 31.5 Å². The molecule has 0 aliphatic carbocycles. The highest BCUT2D eigenvalue weighted by atomic mass is 32.2. The Kier molecular flexibility index (Phi) is 8.28. The summed E-state index contributed by atoms with van der Waals surface area (Å²) in [5, 5.41) is 0. The van der Waals surface area contributed by atoms with Gasteiger partial charge in [-0.25, -0.2) is 12.8 Å². The lowest BCUT2D eigenvalue weighted by Gasteiger charge is -2.12. The Hall–Kier alpha value is -3.65. The van der Waals surface area contributed by atoms with Crippen LogP contribution in [0, 0.1) is 17.7 Å². The average Bonchev–Trinajstić information content (AvgIpc) is 3.32. The second-order valence-electron chi connectivity index (χ2n) is 7.93. The second kappa shape index (κ2) is 11.6. The summed E-state index contributed by atoms with van der Waals surface area (Å²) in [6, 6.07) is 13.4. The molecule has 0 radical (unpaired) electrons. The van der Waals surface area contributed by atoms with E-state index in [1.54, 1.807) is 24.4 Å². The third-order valence-corrected chi connectivity index (χ3v) is 7.97. The molecule has 0 saturated heterocycles. The van der Waals surface area contributed by atoms with Crippen LogP contribution in [0.3, 0.4) is 0 Å². The highest BCUT2D eigenvalue weighted by molar-refractivity contribution is 7.92. The fourth-order valence-corrected chi connectivity index (χ4v) is 5.51. The number of pyridine rings is 1. The molecular weight excluding hydrogens is 513 g/mol. The molecule has 37 heavy (non-hydrogen) atoms. The Labute approximate surface area is 219 Å². The number of sulfonamides is 1. The molecule has 0 bridgehead atoms. The van der Waals surface area contributed by atoms with Crippen LogP contribution in [-0.2, 0) is 10.0 Å². The second-order valence-corrected chi connectivity index (χ2v) is 10.7. The van der Waals surface area contributed by atoms with Crippen LogP contribution in [0.5, 0.6) is 17.2 Å². The summed E-state index contributed by atoms with van der Waals surface area (Å²) in [6.45, 7) is 6.74. The van der Waals surface area contributed by atoms with Crippen molar-refractivity contribution in [1.29, 1.82) is 0 Å². The number of hydrogen-bond acceptors (Lipinski definition) is 7. The molecule has 0 saturated carbocycles. The number of anilines is 1. The maximum absolute atomic E-state index is 14.9. The molecule has 2 aromatic carbocycles. The number of ether oxygens (including phenoxy) is 2. The van der Waals surface area contributed by atoms with E-state index in [0.29, 0.717) is 23.6 Å². The predicted molar refractivity (Wildman–Crippen MR) is 145 cm³/mol. The molecule has 2 heterocycles. The van der Waals surface area contributed by atoms with Gasteiger partial charge in [0.2, 0.25) is 0 Å². The summed E-state index contributed by atoms with van der Waals surface area (Å²) in [6.07, 6.45) is 1.59. The molecule has 192 valence electrons. The topological polar surface area (TPSA) is 80.8 Å². The molecule has 2 aromatic heterocycles. The van der Waals surface area contributed by atoms with Gasteiger partial charge in [0.25, 0.3) is 10.0 Å². The van der Waals surface area contributed by atoms with E-state index in [0.717, 1.165) is 28.7 Å². The molecule has 0 amide bonds. The van der Waals surface area contributed by atoms with Crippen LogP contribution in [-0.4, -0.2) is 45.0 Å². The molecule has 0 atom stereocenters. The quantitative estimate of drug-likeness (QED) is 0.274. The number of thiophene rings is 1. The molecule has 7 nitrogen and oxygen atoms in total. The first kappa shape index (κ1) is 26.4. The van der Waals surface area contributed by atoms with Crippen LogP contribution >= 0.6 is 11.3 Å². The molecule has 0 aliphatic heterocycles. The van der Waals surface area contributed by atoms with Gasteiger partial charge in [-0.3, -0.25) is 14.6 Å². The number of methoxy groups -OCH3 is 1. The van der Waals surface area contributed by atoms with Crippen molar-refractivity contribution < 1.29 is 22.3 Å². The zero-order chi connectivity index (χ0) is 26.4. The minimum absolute atomic E-state index is 0.000424. The molecule has 0 aliphatic rings. The van der Waals surface area contributed by atoms with E-state index in [1.165, 1.54) is 42.7 Å². The van der Waals surface area contributed by atoms with Crippen LogP contribution < -0.4 is 14.2 Å². The van der Waals surface area contributed by atoms with Gasteiger partial charge < -0.3 is 9.47 Å². The van der Waals surface area contributed by atoms with Crippen LogP contribution in [0.25, 0.3) is 10.2 Å². The summed E-state index contributed by atoms with van der Waals surface area (Å²) in [5.74, 6) is 6.43. The zero-order valence-electron chi connectivity index (χ0n) is 20.6. The van der Waals surface area contributed by atoms with Crippen molar-refractivity contribution in [2.45, 2.75) is 18.7 Å². The van der Waals surface area contributed by atoms with E-state index in [2.05, 4.69) is 40.3 Å². The smallest absolute Gasteiger partial charge is 0.262 e. The highest BCUT2D eigenvalue weighted by Gasteiger charge is 2.17. The highest BCUT2D eigenvalue weighted by Crippen LogP contribution is 2.36. The van der Waals surface area contributed by atoms with Gasteiger partial charge in [-0.1, -0.05) is 31.8 Å². The van der Waals surface area contributed by atoms with Crippen LogP contribution in [0.2, 0.25) is 0 Å². The van der Waals surface area contributed by atoms with E-state index in [1.807, 2.05) is 6.07 Å². The first-order valence-electron chi connectivity index (χ1n) is 11.6. The van der Waals surface area contributed by atoms with Gasteiger partial charge in [0.05, 0.1) is 39.3 Å². The number of hydrogen-bond donors (Lipinski definition) is 1. The third kappa shape index (κ3) is 6.38. The van der Waals surface area contributed by atoms with Gasteiger partial charge in [0.15, 0.2) is 11.6 Å². The summed E-state index contributed by atoms with van der Waals surface area (Å²) in [7, 11) is -2.49. The maximum Gasteiger partial charge on any atom is 0.262 e. The van der Waals surface area contributed by atoms with Gasteiger partial charge in [-0.05, 0) is 43.4 Å². The standard InChI is InChI=1S/C27H26FN3O4S2/c1-4-31(5-2)15-7-9-21-18-24-27(36-21)26(13-14-29-24)35-25-12-11-19(16-23(25)28)30-37(32,33)22-10-6-8-20(17-22)34-3/h6,8,10-14,16-18,30H,4-5,15H2,1-3H3. The van der Waals surface area contributed by atoms with Crippen molar-refractivity contribution in [2.24, 2.45) is 0 Å². The Morgan fingerprint density at radius 3 is 2.62 bits per heavy atom. The van der Waals surface area contributed by atoms with Crippen molar-refractivity contribution in [3.63, 3.8) is 0 Å². The molecule has 0 fully saturated rings. The summed E-state index contributed by atoms with van der Waals surface area (Å²) in [4.78, 5) is 7.43. The number of aromatic nitrogens is 1. The predicted octanol–water partition coefficient (Wildman–Crippen LogP) is 5.73. The number of nitrogens with one attached hydrogen (secondary N) is 1. The first-order valence-corrected chi connectivity index (χ1v) is 13.9. The molecule has 0 spiro atoms. The normalized spacial score (nSPS) is 11.3. The molecular formula is C27H26FN3O4S2. The Balaban J connectivity index is 1.53. The van der Waals surface area contributed by atoms with E-state index in [-0.39, 0.29) is 16.3 Å². The largest absolute Gasteiger partial charge is 0.497 e. The van der Waals surface area contributed by atoms with Crippen molar-refractivity contribution in [3.8, 4) is 29.1 Å². The molecule has 10 heteroatoms. The Bertz CT molecular complexity index is 1570. The fraction of sp³-hybridized carbons (Fsp3) is 0.222. The summed E-state index contributed by atoms with van der Waals surface area (Å²) in [5.41, 5.74) is 0.771. The van der Waals surface area contributed by atoms with Crippen molar-refractivity contribution >= 4 is 37.3 Å². The minimum Gasteiger partial charge on any atom is -0.497 e. The lowest BCUT2D eigenvalue weighted by molar-refractivity contribution is 0.342. The van der Waals surface area contributed by atoms with E-state index >= 15 is 0 Å². The average molecular weight is 540 g/mol.